The molecule has 166 valence electrons. The Morgan fingerprint density at radius 2 is 1.77 bits per heavy atom. The zero-order valence-electron chi connectivity index (χ0n) is 17.2. The van der Waals surface area contributed by atoms with Gasteiger partial charge in [-0.2, -0.15) is 0 Å². The number of carbonyl (C=O) groups is 1. The summed E-state index contributed by atoms with van der Waals surface area (Å²) in [7, 11) is -3.65. The third kappa shape index (κ3) is 5.08. The smallest absolute Gasteiger partial charge is 0.224 e. The lowest BCUT2D eigenvalue weighted by Gasteiger charge is -2.33. The van der Waals surface area contributed by atoms with E-state index in [9.17, 15) is 13.2 Å². The molecule has 4 rings (SSSR count). The lowest BCUT2D eigenvalue weighted by atomic mass is 9.87. The summed E-state index contributed by atoms with van der Waals surface area (Å²) in [4.78, 5) is 13.0. The average molecular weight is 481 g/mol. The summed E-state index contributed by atoms with van der Waals surface area (Å²) in [5, 5.41) is 3.85. The highest BCUT2D eigenvalue weighted by Gasteiger charge is 2.34. The third-order valence-corrected chi connectivity index (χ3v) is 8.70. The Kier molecular flexibility index (Phi) is 6.92. The standard InChI is InChI=1S/C23H26Cl2N2O3S/c24-20-10-4-11-21(25)19(20)15-31(29,30)27-13-5-8-17(14-27)23(28)26-22-12-3-7-16-6-1-2-9-18(16)22/h1-2,4,6,9-11,17,22H,3,5,7-8,12-15H2,(H,26,28)/t17-,22+/m1/s1. The average Bonchev–Trinajstić information content (AvgIpc) is 2.77. The zero-order valence-corrected chi connectivity index (χ0v) is 19.5. The van der Waals surface area contributed by atoms with E-state index >= 15 is 0 Å². The van der Waals surface area contributed by atoms with E-state index in [4.69, 9.17) is 23.2 Å². The molecule has 2 aromatic rings. The molecule has 0 bridgehead atoms. The van der Waals surface area contributed by atoms with Crippen molar-refractivity contribution in [1.29, 1.82) is 0 Å². The van der Waals surface area contributed by atoms with Crippen molar-refractivity contribution in [2.45, 2.75) is 43.9 Å². The van der Waals surface area contributed by atoms with E-state index in [0.717, 1.165) is 19.3 Å². The Morgan fingerprint density at radius 3 is 2.55 bits per heavy atom. The summed E-state index contributed by atoms with van der Waals surface area (Å²) in [6, 6.07) is 13.2. The Bertz CT molecular complexity index is 1050. The van der Waals surface area contributed by atoms with Gasteiger partial charge in [-0.25, -0.2) is 12.7 Å². The number of benzene rings is 2. The van der Waals surface area contributed by atoms with Crippen LogP contribution in [0, 0.1) is 5.92 Å². The zero-order chi connectivity index (χ0) is 22.0. The van der Waals surface area contributed by atoms with Crippen LogP contribution in [0.2, 0.25) is 10.0 Å². The summed E-state index contributed by atoms with van der Waals surface area (Å²) in [6.07, 6.45) is 4.30. The number of hydrogen-bond donors (Lipinski definition) is 1. The minimum absolute atomic E-state index is 0.00799. The van der Waals surface area contributed by atoms with Crippen LogP contribution < -0.4 is 5.32 Å². The summed E-state index contributed by atoms with van der Waals surface area (Å²) >= 11 is 12.3. The van der Waals surface area contributed by atoms with Crippen molar-refractivity contribution in [1.82, 2.24) is 9.62 Å². The van der Waals surface area contributed by atoms with E-state index in [2.05, 4.69) is 17.4 Å². The van der Waals surface area contributed by atoms with Crippen molar-refractivity contribution in [3.8, 4) is 0 Å². The van der Waals surface area contributed by atoms with Crippen molar-refractivity contribution in [3.05, 3.63) is 69.2 Å². The molecule has 0 unspecified atom stereocenters. The van der Waals surface area contributed by atoms with Gasteiger partial charge in [0.15, 0.2) is 0 Å². The van der Waals surface area contributed by atoms with Crippen molar-refractivity contribution in [2.75, 3.05) is 13.1 Å². The van der Waals surface area contributed by atoms with Crippen LogP contribution in [0.4, 0.5) is 0 Å². The van der Waals surface area contributed by atoms with Crippen LogP contribution in [0.3, 0.4) is 0 Å². The Labute approximate surface area is 193 Å². The van der Waals surface area contributed by atoms with Gasteiger partial charge in [-0.1, -0.05) is 53.5 Å². The first-order valence-corrected chi connectivity index (χ1v) is 13.0. The maximum Gasteiger partial charge on any atom is 0.224 e. The van der Waals surface area contributed by atoms with E-state index in [0.29, 0.717) is 35.0 Å². The fourth-order valence-corrected chi connectivity index (χ4v) is 6.91. The molecule has 1 aliphatic carbocycles. The molecule has 31 heavy (non-hydrogen) atoms. The minimum Gasteiger partial charge on any atom is -0.349 e. The van der Waals surface area contributed by atoms with Crippen LogP contribution in [-0.4, -0.2) is 31.7 Å². The first-order valence-electron chi connectivity index (χ1n) is 10.6. The van der Waals surface area contributed by atoms with E-state index < -0.39 is 10.0 Å². The number of sulfonamides is 1. The van der Waals surface area contributed by atoms with Crippen molar-refractivity contribution in [3.63, 3.8) is 0 Å². The molecule has 2 atom stereocenters. The van der Waals surface area contributed by atoms with Gasteiger partial charge in [0.1, 0.15) is 0 Å². The number of fused-ring (bicyclic) bond motifs is 1. The first kappa shape index (κ1) is 22.6. The number of nitrogens with one attached hydrogen (secondary N) is 1. The van der Waals surface area contributed by atoms with Gasteiger partial charge in [0.05, 0.1) is 17.7 Å². The molecule has 1 heterocycles. The Hall–Kier alpha value is -1.60. The van der Waals surface area contributed by atoms with Crippen molar-refractivity contribution >= 4 is 39.1 Å². The van der Waals surface area contributed by atoms with Crippen LogP contribution in [0.1, 0.15) is 48.4 Å². The number of amides is 1. The fraction of sp³-hybridized carbons (Fsp3) is 0.435. The quantitative estimate of drug-likeness (QED) is 0.672. The highest BCUT2D eigenvalue weighted by Crippen LogP contribution is 2.31. The fourth-order valence-electron chi connectivity index (χ4n) is 4.55. The van der Waals surface area contributed by atoms with E-state index in [-0.39, 0.29) is 30.2 Å². The molecule has 0 spiro atoms. The predicted molar refractivity (Wildman–Crippen MR) is 124 cm³/mol. The lowest BCUT2D eigenvalue weighted by Crippen LogP contribution is -2.46. The van der Waals surface area contributed by atoms with Crippen LogP contribution >= 0.6 is 23.2 Å². The number of carbonyl (C=O) groups excluding carboxylic acids is 1. The Balaban J connectivity index is 1.44. The second kappa shape index (κ2) is 9.49. The van der Waals surface area contributed by atoms with Gasteiger partial charge >= 0.3 is 0 Å². The van der Waals surface area contributed by atoms with Gasteiger partial charge < -0.3 is 5.32 Å². The molecule has 2 aromatic carbocycles. The summed E-state index contributed by atoms with van der Waals surface area (Å²) in [6.45, 7) is 0.588. The van der Waals surface area contributed by atoms with E-state index in [1.165, 1.54) is 15.4 Å². The highest BCUT2D eigenvalue weighted by atomic mass is 35.5. The molecule has 2 aliphatic rings. The van der Waals surface area contributed by atoms with Gasteiger partial charge in [-0.15, -0.1) is 0 Å². The maximum absolute atomic E-state index is 13.1. The van der Waals surface area contributed by atoms with Crippen molar-refractivity contribution in [2.24, 2.45) is 5.92 Å². The van der Waals surface area contributed by atoms with Gasteiger partial charge in [-0.05, 0) is 55.4 Å². The number of aryl methyl sites for hydroxylation is 1. The molecule has 0 radical (unpaired) electrons. The molecule has 5 nitrogen and oxygen atoms in total. The maximum atomic E-state index is 13.1. The summed E-state index contributed by atoms with van der Waals surface area (Å²) in [5.41, 5.74) is 2.86. The molecule has 0 aromatic heterocycles. The minimum atomic E-state index is -3.65. The van der Waals surface area contributed by atoms with Crippen LogP contribution in [0.15, 0.2) is 42.5 Å². The number of nitrogens with zero attached hydrogens (tertiary/aromatic N) is 1. The SMILES string of the molecule is O=C(N[C@H]1CCCc2ccccc21)[C@@H]1CCCN(S(=O)(=O)Cc2c(Cl)cccc2Cl)C1. The lowest BCUT2D eigenvalue weighted by molar-refractivity contribution is -0.127. The molecule has 1 saturated heterocycles. The second-order valence-electron chi connectivity index (χ2n) is 8.31. The second-order valence-corrected chi connectivity index (χ2v) is 11.1. The summed E-state index contributed by atoms with van der Waals surface area (Å²) < 4.78 is 27.5. The normalized spacial score (nSPS) is 22.0. The molecule has 1 N–H and O–H groups in total. The van der Waals surface area contributed by atoms with Crippen molar-refractivity contribution < 1.29 is 13.2 Å². The van der Waals surface area contributed by atoms with E-state index in [1.807, 2.05) is 12.1 Å². The number of hydrogen-bond acceptors (Lipinski definition) is 3. The summed E-state index contributed by atoms with van der Waals surface area (Å²) in [5.74, 6) is -0.702. The van der Waals surface area contributed by atoms with Gasteiger partial charge in [0.2, 0.25) is 15.9 Å². The van der Waals surface area contributed by atoms with Gasteiger partial charge in [-0.3, -0.25) is 4.79 Å². The largest absolute Gasteiger partial charge is 0.349 e. The third-order valence-electron chi connectivity index (χ3n) is 6.22. The topological polar surface area (TPSA) is 66.5 Å². The number of halogens is 2. The van der Waals surface area contributed by atoms with Crippen LogP contribution in [0.5, 0.6) is 0 Å². The van der Waals surface area contributed by atoms with Crippen LogP contribution in [-0.2, 0) is 27.0 Å². The molecule has 1 aliphatic heterocycles. The molecular formula is C23H26Cl2N2O3S. The van der Waals surface area contributed by atoms with Gasteiger partial charge in [0.25, 0.3) is 0 Å². The number of rotatable bonds is 5. The Morgan fingerprint density at radius 1 is 1.03 bits per heavy atom. The van der Waals surface area contributed by atoms with Crippen LogP contribution in [0.25, 0.3) is 0 Å². The molecular weight excluding hydrogens is 455 g/mol. The number of piperidine rings is 1. The molecule has 8 heteroatoms. The molecule has 1 amide bonds. The first-order chi connectivity index (χ1) is 14.8. The molecule has 1 fully saturated rings. The predicted octanol–water partition coefficient (Wildman–Crippen LogP) is 4.73. The monoisotopic (exact) mass is 480 g/mol. The van der Waals surface area contributed by atoms with E-state index in [1.54, 1.807) is 18.2 Å². The van der Waals surface area contributed by atoms with Gasteiger partial charge in [0, 0.05) is 28.7 Å². The highest BCUT2D eigenvalue weighted by molar-refractivity contribution is 7.88. The molecule has 0 saturated carbocycles.